The van der Waals surface area contributed by atoms with Gasteiger partial charge in [0.15, 0.2) is 11.0 Å². The van der Waals surface area contributed by atoms with E-state index in [1.54, 1.807) is 30.3 Å². The van der Waals surface area contributed by atoms with E-state index in [1.807, 2.05) is 42.7 Å². The zero-order valence-corrected chi connectivity index (χ0v) is 22.5. The lowest BCUT2D eigenvalue weighted by atomic mass is 10.0. The Morgan fingerprint density at radius 1 is 1.18 bits per heavy atom. The van der Waals surface area contributed by atoms with Crippen LogP contribution in [-0.2, 0) is 11.3 Å². The highest BCUT2D eigenvalue weighted by Gasteiger charge is 2.27. The lowest BCUT2D eigenvalue weighted by Crippen LogP contribution is -2.34. The minimum Gasteiger partial charge on any atom is -0.342 e. The van der Waals surface area contributed by atoms with Crippen LogP contribution in [0, 0.1) is 9.49 Å². The summed E-state index contributed by atoms with van der Waals surface area (Å²) in [7, 11) is 0. The van der Waals surface area contributed by atoms with Crippen molar-refractivity contribution in [3.8, 4) is 0 Å². The Morgan fingerprint density at radius 2 is 1.88 bits per heavy atom. The topological polar surface area (TPSA) is 88.9 Å². The standard InChI is InChI=1S/C24H25ClIN5O2S/c1-4-13-31-22(21(15(2)3)28-23(33)18-7-5-6-8-19(18)25)29-30-24(31)34-14-20(32)27-17-11-9-16(26)10-12-17/h4-12,15,21H,1,13-14H2,2-3H3,(H,27,32)(H,28,33). The molecule has 0 radical (unpaired) electrons. The molecule has 10 heteroatoms. The van der Waals surface area contributed by atoms with Gasteiger partial charge in [-0.2, -0.15) is 0 Å². The van der Waals surface area contributed by atoms with Crippen molar-refractivity contribution in [2.24, 2.45) is 5.92 Å². The van der Waals surface area contributed by atoms with Gasteiger partial charge in [0.05, 0.1) is 22.4 Å². The van der Waals surface area contributed by atoms with Crippen LogP contribution in [0.5, 0.6) is 0 Å². The number of benzene rings is 2. The number of nitrogens with zero attached hydrogens (tertiary/aromatic N) is 3. The maximum Gasteiger partial charge on any atom is 0.253 e. The summed E-state index contributed by atoms with van der Waals surface area (Å²) in [6, 6.07) is 14.1. The van der Waals surface area contributed by atoms with Crippen molar-refractivity contribution in [2.75, 3.05) is 11.1 Å². The SMILES string of the molecule is C=CCn1c(SCC(=O)Nc2ccc(I)cc2)nnc1C(NC(=O)c1ccccc1Cl)C(C)C. The fourth-order valence-electron chi connectivity index (χ4n) is 3.19. The summed E-state index contributed by atoms with van der Waals surface area (Å²) in [5.41, 5.74) is 1.13. The van der Waals surface area contributed by atoms with Gasteiger partial charge in [-0.05, 0) is 64.9 Å². The highest BCUT2D eigenvalue weighted by molar-refractivity contribution is 14.1. The number of allylic oxidation sites excluding steroid dienone is 1. The maximum atomic E-state index is 12.9. The number of anilines is 1. The first-order valence-corrected chi connectivity index (χ1v) is 13.0. The summed E-state index contributed by atoms with van der Waals surface area (Å²) in [6.07, 6.45) is 1.73. The van der Waals surface area contributed by atoms with Crippen molar-refractivity contribution in [1.82, 2.24) is 20.1 Å². The largest absolute Gasteiger partial charge is 0.342 e. The minimum atomic E-state index is -0.411. The molecule has 7 nitrogen and oxygen atoms in total. The van der Waals surface area contributed by atoms with E-state index < -0.39 is 6.04 Å². The molecule has 34 heavy (non-hydrogen) atoms. The van der Waals surface area contributed by atoms with E-state index in [4.69, 9.17) is 11.6 Å². The number of carbonyl (C=O) groups excluding carboxylic acids is 2. The number of rotatable bonds is 10. The quantitative estimate of drug-likeness (QED) is 0.178. The molecule has 1 atom stereocenters. The molecule has 0 saturated heterocycles. The average molecular weight is 610 g/mol. The maximum absolute atomic E-state index is 12.9. The Hall–Kier alpha value is -2.37. The lowest BCUT2D eigenvalue weighted by molar-refractivity contribution is -0.113. The zero-order chi connectivity index (χ0) is 24.7. The van der Waals surface area contributed by atoms with Crippen molar-refractivity contribution in [1.29, 1.82) is 0 Å². The normalized spacial score (nSPS) is 11.8. The molecule has 3 rings (SSSR count). The first-order valence-electron chi connectivity index (χ1n) is 10.6. The highest BCUT2D eigenvalue weighted by Crippen LogP contribution is 2.26. The second kappa shape index (κ2) is 12.4. The molecule has 0 spiro atoms. The van der Waals surface area contributed by atoms with E-state index >= 15 is 0 Å². The molecular formula is C24H25ClIN5O2S. The fourth-order valence-corrected chi connectivity index (χ4v) is 4.53. The van der Waals surface area contributed by atoms with Crippen molar-refractivity contribution < 1.29 is 9.59 Å². The second-order valence-corrected chi connectivity index (χ2v) is 10.4. The molecule has 2 N–H and O–H groups in total. The molecule has 1 unspecified atom stereocenters. The van der Waals surface area contributed by atoms with Crippen LogP contribution in [0.3, 0.4) is 0 Å². The van der Waals surface area contributed by atoms with Crippen LogP contribution in [0.2, 0.25) is 5.02 Å². The summed E-state index contributed by atoms with van der Waals surface area (Å²) in [5, 5.41) is 15.5. The Bertz CT molecular complexity index is 1170. The molecule has 3 aromatic rings. The molecule has 2 amide bonds. The number of aromatic nitrogens is 3. The lowest BCUT2D eigenvalue weighted by Gasteiger charge is -2.23. The molecule has 1 heterocycles. The minimum absolute atomic E-state index is 0.0289. The molecule has 178 valence electrons. The third-order valence-corrected chi connectivity index (χ3v) is 6.88. The number of hydrogen-bond acceptors (Lipinski definition) is 5. The van der Waals surface area contributed by atoms with Crippen LogP contribution in [0.15, 0.2) is 66.3 Å². The Morgan fingerprint density at radius 3 is 2.53 bits per heavy atom. The number of nitrogens with one attached hydrogen (secondary N) is 2. The molecule has 0 aliphatic heterocycles. The van der Waals surface area contributed by atoms with Crippen molar-refractivity contribution in [3.63, 3.8) is 0 Å². The van der Waals surface area contributed by atoms with Crippen molar-refractivity contribution in [2.45, 2.75) is 31.6 Å². The van der Waals surface area contributed by atoms with Gasteiger partial charge in [-0.1, -0.05) is 55.4 Å². The molecular weight excluding hydrogens is 585 g/mol. The number of amides is 2. The third kappa shape index (κ3) is 6.83. The Balaban J connectivity index is 1.75. The van der Waals surface area contributed by atoms with Gasteiger partial charge in [0.2, 0.25) is 5.91 Å². The van der Waals surface area contributed by atoms with Crippen LogP contribution >= 0.6 is 46.0 Å². The molecule has 2 aromatic carbocycles. The zero-order valence-electron chi connectivity index (χ0n) is 18.8. The van der Waals surface area contributed by atoms with E-state index in [1.165, 1.54) is 11.8 Å². The third-order valence-electron chi connectivity index (χ3n) is 4.87. The summed E-state index contributed by atoms with van der Waals surface area (Å²) in [6.45, 7) is 8.25. The van der Waals surface area contributed by atoms with E-state index in [-0.39, 0.29) is 23.5 Å². The number of thioether (sulfide) groups is 1. The van der Waals surface area contributed by atoms with Crippen molar-refractivity contribution in [3.05, 3.63) is 81.2 Å². The first kappa shape index (κ1) is 26.2. The van der Waals surface area contributed by atoms with E-state index in [2.05, 4.69) is 50.0 Å². The molecule has 0 bridgehead atoms. The van der Waals surface area contributed by atoms with E-state index in [0.29, 0.717) is 28.1 Å². The van der Waals surface area contributed by atoms with Gasteiger partial charge < -0.3 is 15.2 Å². The van der Waals surface area contributed by atoms with E-state index in [9.17, 15) is 9.59 Å². The smallest absolute Gasteiger partial charge is 0.253 e. The fraction of sp³-hybridized carbons (Fsp3) is 0.250. The monoisotopic (exact) mass is 609 g/mol. The van der Waals surface area contributed by atoms with Crippen molar-refractivity contribution >= 4 is 63.5 Å². The molecule has 0 aliphatic rings. The van der Waals surface area contributed by atoms with Crippen LogP contribution < -0.4 is 10.6 Å². The number of halogens is 2. The molecule has 0 aliphatic carbocycles. The summed E-state index contributed by atoms with van der Waals surface area (Å²) >= 11 is 9.69. The van der Waals surface area contributed by atoms with Crippen LogP contribution in [0.1, 0.15) is 36.1 Å². The Kier molecular flexibility index (Phi) is 9.54. The molecule has 0 fully saturated rings. The van der Waals surface area contributed by atoms with Gasteiger partial charge in [0.1, 0.15) is 0 Å². The van der Waals surface area contributed by atoms with Crippen LogP contribution in [-0.4, -0.2) is 32.3 Å². The first-order chi connectivity index (χ1) is 16.3. The number of carbonyl (C=O) groups is 2. The van der Waals surface area contributed by atoms with Gasteiger partial charge in [-0.25, -0.2) is 0 Å². The molecule has 0 saturated carbocycles. The van der Waals surface area contributed by atoms with Gasteiger partial charge >= 0.3 is 0 Å². The summed E-state index contributed by atoms with van der Waals surface area (Å²) in [5.74, 6) is 0.355. The van der Waals surface area contributed by atoms with Crippen LogP contribution in [0.25, 0.3) is 0 Å². The van der Waals surface area contributed by atoms with Gasteiger partial charge in [-0.3, -0.25) is 9.59 Å². The van der Waals surface area contributed by atoms with Gasteiger partial charge in [-0.15, -0.1) is 16.8 Å². The predicted molar refractivity (Wildman–Crippen MR) is 145 cm³/mol. The highest BCUT2D eigenvalue weighted by atomic mass is 127. The van der Waals surface area contributed by atoms with Gasteiger partial charge in [0.25, 0.3) is 5.91 Å². The van der Waals surface area contributed by atoms with Crippen LogP contribution in [0.4, 0.5) is 5.69 Å². The second-order valence-electron chi connectivity index (χ2n) is 7.76. The summed E-state index contributed by atoms with van der Waals surface area (Å²) < 4.78 is 2.96. The molecule has 1 aromatic heterocycles. The number of hydrogen-bond donors (Lipinski definition) is 2. The Labute approximate surface area is 221 Å². The summed E-state index contributed by atoms with van der Waals surface area (Å²) in [4.78, 5) is 25.3. The predicted octanol–water partition coefficient (Wildman–Crippen LogP) is 5.58. The van der Waals surface area contributed by atoms with Gasteiger partial charge in [0, 0.05) is 15.8 Å². The van der Waals surface area contributed by atoms with E-state index in [0.717, 1.165) is 9.26 Å². The average Bonchev–Trinajstić information content (AvgIpc) is 3.20.